The Balaban J connectivity index is 1.08. The Hall–Kier alpha value is -5.72. The molecule has 61 heavy (non-hydrogen) atoms. The Labute approximate surface area is 357 Å². The van der Waals surface area contributed by atoms with Crippen LogP contribution < -0.4 is 29.0 Å². The van der Waals surface area contributed by atoms with E-state index >= 15 is 0 Å². The molecule has 2 aliphatic rings. The summed E-state index contributed by atoms with van der Waals surface area (Å²) in [5, 5.41) is 7.28. The molecular weight excluding hydrogens is 775 g/mol. The molecule has 12 heteroatoms. The number of alkyl halides is 2. The van der Waals surface area contributed by atoms with Gasteiger partial charge in [-0.1, -0.05) is 55.5 Å². The zero-order valence-electron chi connectivity index (χ0n) is 35.4. The predicted octanol–water partition coefficient (Wildman–Crippen LogP) is 10.1. The first kappa shape index (κ1) is 42.0. The van der Waals surface area contributed by atoms with Crippen molar-refractivity contribution in [3.8, 4) is 23.0 Å². The van der Waals surface area contributed by atoms with Crippen molar-refractivity contribution >= 4 is 33.2 Å². The number of hydrogen-bond acceptors (Lipinski definition) is 10. The first-order valence-electron chi connectivity index (χ1n) is 21.6. The number of pyridine rings is 2. The van der Waals surface area contributed by atoms with E-state index in [9.17, 15) is 8.78 Å². The Bertz CT molecular complexity index is 2370. The van der Waals surface area contributed by atoms with Gasteiger partial charge in [-0.25, -0.2) is 0 Å². The number of ether oxygens (including phenoxy) is 4. The first-order valence-corrected chi connectivity index (χ1v) is 21.6. The van der Waals surface area contributed by atoms with Gasteiger partial charge in [-0.2, -0.15) is 8.78 Å². The SMILES string of the molecule is CCCOc1cc(CN2CCC(N(c3cnc4ccccc4c3)N(c3cnc4ccccc4c3)C3CCN(Cc4ccc(OC(F)F)c(OCC)c4)CC3)CC2)ccc1OC. The highest BCUT2D eigenvalue weighted by Crippen LogP contribution is 2.37. The summed E-state index contributed by atoms with van der Waals surface area (Å²) in [6.07, 6.45) is 8.76. The molecule has 0 unspecified atom stereocenters. The van der Waals surface area contributed by atoms with Crippen molar-refractivity contribution in [3.63, 3.8) is 0 Å². The number of hydrazine groups is 1. The number of para-hydroxylation sites is 2. The molecule has 0 amide bonds. The van der Waals surface area contributed by atoms with Gasteiger partial charge in [0.05, 0.1) is 67.2 Å². The van der Waals surface area contributed by atoms with Crippen molar-refractivity contribution in [1.29, 1.82) is 0 Å². The Kier molecular flexibility index (Phi) is 13.6. The number of likely N-dealkylation sites (tertiary alicyclic amines) is 2. The van der Waals surface area contributed by atoms with Gasteiger partial charge in [0.2, 0.25) is 0 Å². The molecule has 0 N–H and O–H groups in total. The Morgan fingerprint density at radius 3 is 1.59 bits per heavy atom. The normalized spacial score (nSPS) is 15.6. The van der Waals surface area contributed by atoms with Gasteiger partial charge < -0.3 is 18.9 Å². The third-order valence-corrected chi connectivity index (χ3v) is 11.7. The largest absolute Gasteiger partial charge is 0.493 e. The molecule has 2 aromatic heterocycles. The highest BCUT2D eigenvalue weighted by atomic mass is 19.3. The van der Waals surface area contributed by atoms with Crippen molar-refractivity contribution in [2.45, 2.75) is 77.7 Å². The van der Waals surface area contributed by atoms with Gasteiger partial charge in [0.15, 0.2) is 23.0 Å². The van der Waals surface area contributed by atoms with Gasteiger partial charge >= 0.3 is 6.61 Å². The highest BCUT2D eigenvalue weighted by Gasteiger charge is 2.36. The lowest BCUT2D eigenvalue weighted by molar-refractivity contribution is -0.0514. The number of piperidine rings is 2. The first-order chi connectivity index (χ1) is 29.9. The molecule has 0 spiro atoms. The average molecular weight is 831 g/mol. The fourth-order valence-electron chi connectivity index (χ4n) is 8.81. The average Bonchev–Trinajstić information content (AvgIpc) is 3.29. The molecule has 2 aliphatic heterocycles. The third kappa shape index (κ3) is 10.1. The Morgan fingerprint density at radius 1 is 0.623 bits per heavy atom. The minimum absolute atomic E-state index is 0.0555. The fourth-order valence-corrected chi connectivity index (χ4v) is 8.81. The third-order valence-electron chi connectivity index (χ3n) is 11.7. The molecule has 0 aliphatic carbocycles. The van der Waals surface area contributed by atoms with E-state index in [0.717, 1.165) is 115 Å². The summed E-state index contributed by atoms with van der Waals surface area (Å²) in [7, 11) is 1.69. The summed E-state index contributed by atoms with van der Waals surface area (Å²) >= 11 is 0. The molecule has 0 radical (unpaired) electrons. The van der Waals surface area contributed by atoms with Crippen molar-refractivity contribution in [2.75, 3.05) is 56.5 Å². The molecule has 8 rings (SSSR count). The van der Waals surface area contributed by atoms with Crippen LogP contribution >= 0.6 is 0 Å². The van der Waals surface area contributed by atoms with Crippen LogP contribution in [-0.4, -0.2) is 85.0 Å². The van der Waals surface area contributed by atoms with E-state index in [0.29, 0.717) is 25.5 Å². The highest BCUT2D eigenvalue weighted by molar-refractivity contribution is 5.84. The van der Waals surface area contributed by atoms with Gasteiger partial charge in [0, 0.05) is 50.0 Å². The lowest BCUT2D eigenvalue weighted by Gasteiger charge is -2.50. The molecule has 4 heterocycles. The van der Waals surface area contributed by atoms with E-state index in [-0.39, 0.29) is 17.8 Å². The van der Waals surface area contributed by atoms with Crippen molar-refractivity contribution in [1.82, 2.24) is 19.8 Å². The molecule has 0 saturated carbocycles. The van der Waals surface area contributed by atoms with Crippen LogP contribution in [0, 0.1) is 0 Å². The maximum Gasteiger partial charge on any atom is 0.387 e. The zero-order chi connectivity index (χ0) is 42.1. The summed E-state index contributed by atoms with van der Waals surface area (Å²) in [5.41, 5.74) is 6.26. The number of hydrogen-bond donors (Lipinski definition) is 0. The Morgan fingerprint density at radius 2 is 1.11 bits per heavy atom. The molecule has 10 nitrogen and oxygen atoms in total. The number of anilines is 2. The number of nitrogens with zero attached hydrogens (tertiary/aromatic N) is 6. The van der Waals surface area contributed by atoms with E-state index in [1.54, 1.807) is 13.2 Å². The number of benzene rings is 4. The van der Waals surface area contributed by atoms with Gasteiger partial charge in [-0.3, -0.25) is 29.8 Å². The number of fused-ring (bicyclic) bond motifs is 2. The van der Waals surface area contributed by atoms with Crippen molar-refractivity contribution < 1.29 is 27.7 Å². The van der Waals surface area contributed by atoms with Crippen LogP contribution in [0.5, 0.6) is 23.0 Å². The van der Waals surface area contributed by atoms with Crippen LogP contribution in [0.25, 0.3) is 21.8 Å². The molecule has 2 fully saturated rings. The minimum atomic E-state index is -2.92. The van der Waals surface area contributed by atoms with Gasteiger partial charge in [0.25, 0.3) is 0 Å². The van der Waals surface area contributed by atoms with Crippen LogP contribution in [0.1, 0.15) is 57.1 Å². The summed E-state index contributed by atoms with van der Waals surface area (Å²) in [5.74, 6) is 1.95. The molecule has 6 aromatic rings. The molecule has 320 valence electrons. The second kappa shape index (κ2) is 19.8. The van der Waals surface area contributed by atoms with Gasteiger partial charge in [-0.15, -0.1) is 0 Å². The lowest BCUT2D eigenvalue weighted by Crippen LogP contribution is -2.59. The van der Waals surface area contributed by atoms with Crippen LogP contribution in [0.4, 0.5) is 20.2 Å². The van der Waals surface area contributed by atoms with E-state index in [2.05, 4.69) is 87.4 Å². The lowest BCUT2D eigenvalue weighted by atomic mass is 9.99. The molecule has 2 saturated heterocycles. The van der Waals surface area contributed by atoms with E-state index < -0.39 is 6.61 Å². The van der Waals surface area contributed by atoms with Crippen molar-refractivity contribution in [2.24, 2.45) is 0 Å². The topological polar surface area (TPSA) is 75.7 Å². The second-order valence-electron chi connectivity index (χ2n) is 15.9. The molecule has 0 bridgehead atoms. The molecule has 0 atom stereocenters. The van der Waals surface area contributed by atoms with Crippen LogP contribution in [-0.2, 0) is 13.1 Å². The van der Waals surface area contributed by atoms with E-state index in [4.69, 9.17) is 28.9 Å². The predicted molar refractivity (Wildman–Crippen MR) is 238 cm³/mol. The van der Waals surface area contributed by atoms with Crippen LogP contribution in [0.15, 0.2) is 109 Å². The number of aromatic nitrogens is 2. The summed E-state index contributed by atoms with van der Waals surface area (Å²) in [6, 6.07) is 33.1. The second-order valence-corrected chi connectivity index (χ2v) is 15.9. The summed E-state index contributed by atoms with van der Waals surface area (Å²) < 4.78 is 48.3. The summed E-state index contributed by atoms with van der Waals surface area (Å²) in [6.45, 7) is 7.13. The summed E-state index contributed by atoms with van der Waals surface area (Å²) in [4.78, 5) is 15.0. The minimum Gasteiger partial charge on any atom is -0.493 e. The van der Waals surface area contributed by atoms with Gasteiger partial charge in [0.1, 0.15) is 0 Å². The monoisotopic (exact) mass is 830 g/mol. The number of halogens is 2. The van der Waals surface area contributed by atoms with E-state index in [1.165, 1.54) is 5.56 Å². The number of rotatable bonds is 17. The number of methoxy groups -OCH3 is 1. The standard InChI is InChI=1S/C49H56F2N6O4/c1-4-26-60-47-27-35(14-16-45(47)58-3)33-54-22-18-39(19-23-54)56(41-29-37-10-6-8-12-43(37)52-31-41)57(42-30-38-11-7-9-13-44(38)53-32-42)40-20-24-55(25-21-40)34-36-15-17-46(61-49(50)51)48(28-36)59-5-2/h6-17,27-32,39-40,49H,4-5,18-26,33-34H2,1-3H3. The molecular formula is C49H56F2N6O4. The zero-order valence-corrected chi connectivity index (χ0v) is 35.4. The van der Waals surface area contributed by atoms with Crippen molar-refractivity contribution in [3.05, 3.63) is 121 Å². The molecule has 4 aromatic carbocycles. The maximum atomic E-state index is 13.1. The maximum absolute atomic E-state index is 13.1. The van der Waals surface area contributed by atoms with Crippen LogP contribution in [0.2, 0.25) is 0 Å². The van der Waals surface area contributed by atoms with Crippen LogP contribution in [0.3, 0.4) is 0 Å². The fraction of sp³-hybridized carbons (Fsp3) is 0.388. The smallest absolute Gasteiger partial charge is 0.387 e. The van der Waals surface area contributed by atoms with Gasteiger partial charge in [-0.05, 0) is 98.7 Å². The quantitative estimate of drug-likeness (QED) is 0.0830. The van der Waals surface area contributed by atoms with E-state index in [1.807, 2.05) is 49.6 Å².